The molecule has 1 heterocycles. The summed E-state index contributed by atoms with van der Waals surface area (Å²) < 4.78 is 1.83. The van der Waals surface area contributed by atoms with Gasteiger partial charge in [0.2, 0.25) is 0 Å². The van der Waals surface area contributed by atoms with Gasteiger partial charge in [0, 0.05) is 26.5 Å². The van der Waals surface area contributed by atoms with Crippen LogP contribution in [0, 0.1) is 0 Å². The lowest BCUT2D eigenvalue weighted by Crippen LogP contribution is -2.33. The van der Waals surface area contributed by atoms with Gasteiger partial charge in [0.1, 0.15) is 0 Å². The molecule has 1 aromatic carbocycles. The van der Waals surface area contributed by atoms with Gasteiger partial charge in [-0.15, -0.1) is 34.5 Å². The summed E-state index contributed by atoms with van der Waals surface area (Å²) in [5.74, 6) is 0.934. The first-order valence-electron chi connectivity index (χ1n) is 5.72. The molecule has 0 nitrogen and oxygen atoms in total. The van der Waals surface area contributed by atoms with Crippen molar-refractivity contribution < 1.29 is 0 Å². The fraction of sp³-hybridized carbons (Fsp3) is 0.286. The first-order valence-corrected chi connectivity index (χ1v) is 8.78. The quantitative estimate of drug-likeness (QED) is 0.532. The van der Waals surface area contributed by atoms with Gasteiger partial charge in [-0.1, -0.05) is 45.7 Å². The van der Waals surface area contributed by atoms with Crippen LogP contribution in [-0.4, -0.2) is 11.8 Å². The van der Waals surface area contributed by atoms with Crippen molar-refractivity contribution in [2.45, 2.75) is 11.8 Å². The molecule has 2 aromatic rings. The molecule has 2 rings (SSSR count). The summed E-state index contributed by atoms with van der Waals surface area (Å²) in [5, 5.41) is 0. The fourth-order valence-electron chi connectivity index (χ4n) is 2.04. The van der Waals surface area contributed by atoms with E-state index in [2.05, 4.69) is 22.0 Å². The number of hydrogen-bond donors (Lipinski definition) is 0. The molecular formula is C14H12BrCl3S. The Morgan fingerprint density at radius 1 is 1.05 bits per heavy atom. The molecule has 0 radical (unpaired) electrons. The average Bonchev–Trinajstić information content (AvgIpc) is 2.82. The molecule has 1 aromatic heterocycles. The van der Waals surface area contributed by atoms with E-state index in [1.807, 2.05) is 30.3 Å². The Labute approximate surface area is 140 Å². The third-order valence-corrected chi connectivity index (χ3v) is 6.04. The van der Waals surface area contributed by atoms with Crippen LogP contribution in [0.1, 0.15) is 10.4 Å². The normalized spacial score (nSPS) is 11.8. The Bertz CT molecular complexity index is 549. The molecule has 0 spiro atoms. The topological polar surface area (TPSA) is 0 Å². The van der Waals surface area contributed by atoms with E-state index < -0.39 is 0 Å². The third-order valence-electron chi connectivity index (χ3n) is 3.10. The van der Waals surface area contributed by atoms with Gasteiger partial charge in [0.15, 0.2) is 0 Å². The molecule has 0 atom stereocenters. The summed E-state index contributed by atoms with van der Waals surface area (Å²) in [5.41, 5.74) is 0.863. The lowest BCUT2D eigenvalue weighted by molar-refractivity contribution is 0.538. The van der Waals surface area contributed by atoms with Gasteiger partial charge in [0.05, 0.1) is 4.34 Å². The van der Waals surface area contributed by atoms with E-state index in [0.29, 0.717) is 11.8 Å². The van der Waals surface area contributed by atoms with E-state index in [1.165, 1.54) is 4.88 Å². The van der Waals surface area contributed by atoms with Crippen LogP contribution < -0.4 is 0 Å². The summed E-state index contributed by atoms with van der Waals surface area (Å²) in [4.78, 5) is 1.20. The molecule has 0 amide bonds. The molecule has 0 bridgehead atoms. The van der Waals surface area contributed by atoms with E-state index in [9.17, 15) is 0 Å². The standard InChI is InChI=1S/C14H12BrCl3S/c15-12-4-2-1-3-11(12)14(8-16,9-17)7-10-5-6-13(18)19-10/h1-6H,7-9H2. The van der Waals surface area contributed by atoms with Crippen molar-refractivity contribution in [2.75, 3.05) is 11.8 Å². The van der Waals surface area contributed by atoms with Gasteiger partial charge in [-0.3, -0.25) is 0 Å². The maximum Gasteiger partial charge on any atom is 0.0931 e. The molecule has 5 heteroatoms. The van der Waals surface area contributed by atoms with E-state index >= 15 is 0 Å². The first kappa shape index (κ1) is 15.7. The molecule has 0 saturated heterocycles. The van der Waals surface area contributed by atoms with E-state index in [-0.39, 0.29) is 5.41 Å². The summed E-state index contributed by atoms with van der Waals surface area (Å²) in [6, 6.07) is 12.0. The summed E-state index contributed by atoms with van der Waals surface area (Å²) >= 11 is 23.7. The van der Waals surface area contributed by atoms with Gasteiger partial charge >= 0.3 is 0 Å². The number of halogens is 4. The van der Waals surface area contributed by atoms with Crippen molar-refractivity contribution in [3.05, 3.63) is 55.6 Å². The van der Waals surface area contributed by atoms with E-state index in [4.69, 9.17) is 34.8 Å². The smallest absolute Gasteiger partial charge is 0.0931 e. The number of hydrogen-bond acceptors (Lipinski definition) is 1. The Kier molecular flexibility index (Phi) is 5.62. The molecule has 0 aliphatic rings. The highest BCUT2D eigenvalue weighted by atomic mass is 79.9. The average molecular weight is 399 g/mol. The molecule has 0 aliphatic heterocycles. The van der Waals surface area contributed by atoms with Crippen molar-refractivity contribution in [3.8, 4) is 0 Å². The number of alkyl halides is 2. The molecule has 0 unspecified atom stereocenters. The van der Waals surface area contributed by atoms with Crippen molar-refractivity contribution in [3.63, 3.8) is 0 Å². The van der Waals surface area contributed by atoms with Crippen LogP contribution in [0.15, 0.2) is 40.9 Å². The van der Waals surface area contributed by atoms with Crippen LogP contribution in [0.3, 0.4) is 0 Å². The van der Waals surface area contributed by atoms with E-state index in [1.54, 1.807) is 11.3 Å². The van der Waals surface area contributed by atoms with Crippen molar-refractivity contribution in [1.82, 2.24) is 0 Å². The first-order chi connectivity index (χ1) is 9.11. The van der Waals surface area contributed by atoms with Crippen LogP contribution in [0.4, 0.5) is 0 Å². The highest BCUT2D eigenvalue weighted by Gasteiger charge is 2.33. The fourth-order valence-corrected chi connectivity index (χ4v) is 4.74. The second-order valence-electron chi connectivity index (χ2n) is 4.41. The highest BCUT2D eigenvalue weighted by molar-refractivity contribution is 9.10. The second kappa shape index (κ2) is 6.82. The van der Waals surface area contributed by atoms with Gasteiger partial charge in [-0.2, -0.15) is 0 Å². The predicted octanol–water partition coefficient (Wildman–Crippen LogP) is 6.12. The van der Waals surface area contributed by atoms with Gasteiger partial charge in [-0.05, 0) is 30.2 Å². The molecule has 19 heavy (non-hydrogen) atoms. The molecule has 0 N–H and O–H groups in total. The van der Waals surface area contributed by atoms with Gasteiger partial charge in [-0.25, -0.2) is 0 Å². The van der Waals surface area contributed by atoms with Crippen LogP contribution in [0.5, 0.6) is 0 Å². The Morgan fingerprint density at radius 2 is 1.74 bits per heavy atom. The largest absolute Gasteiger partial charge is 0.128 e. The Hall–Kier alpha value is 0.270. The Morgan fingerprint density at radius 3 is 2.26 bits per heavy atom. The number of rotatable bonds is 5. The second-order valence-corrected chi connectivity index (χ2v) is 7.60. The number of benzene rings is 1. The van der Waals surface area contributed by atoms with Gasteiger partial charge < -0.3 is 0 Å². The van der Waals surface area contributed by atoms with Crippen molar-refractivity contribution in [1.29, 1.82) is 0 Å². The summed E-state index contributed by atoms with van der Waals surface area (Å²) in [6.07, 6.45) is 0.792. The van der Waals surface area contributed by atoms with Crippen molar-refractivity contribution >= 4 is 62.1 Å². The molecule has 0 saturated carbocycles. The van der Waals surface area contributed by atoms with Crippen LogP contribution in [-0.2, 0) is 11.8 Å². The zero-order valence-electron chi connectivity index (χ0n) is 10.0. The SMILES string of the molecule is ClCC(CCl)(Cc1ccc(Cl)s1)c1ccccc1Br. The van der Waals surface area contributed by atoms with Gasteiger partial charge in [0.25, 0.3) is 0 Å². The molecule has 0 aliphatic carbocycles. The minimum absolute atomic E-state index is 0.280. The van der Waals surface area contributed by atoms with Crippen LogP contribution in [0.2, 0.25) is 4.34 Å². The molecular weight excluding hydrogens is 386 g/mol. The Balaban J connectivity index is 2.40. The number of thiophene rings is 1. The third kappa shape index (κ3) is 3.48. The summed E-state index contributed by atoms with van der Waals surface area (Å²) in [6.45, 7) is 0. The predicted molar refractivity (Wildman–Crippen MR) is 90.3 cm³/mol. The van der Waals surface area contributed by atoms with Crippen LogP contribution in [0.25, 0.3) is 0 Å². The molecule has 102 valence electrons. The van der Waals surface area contributed by atoms with Crippen LogP contribution >= 0.6 is 62.1 Å². The van der Waals surface area contributed by atoms with Crippen molar-refractivity contribution in [2.24, 2.45) is 0 Å². The highest BCUT2D eigenvalue weighted by Crippen LogP contribution is 2.38. The minimum atomic E-state index is -0.280. The summed E-state index contributed by atoms with van der Waals surface area (Å²) in [7, 11) is 0. The zero-order chi connectivity index (χ0) is 13.9. The molecule has 0 fully saturated rings. The minimum Gasteiger partial charge on any atom is -0.128 e. The lowest BCUT2D eigenvalue weighted by Gasteiger charge is -2.30. The zero-order valence-corrected chi connectivity index (χ0v) is 14.7. The van der Waals surface area contributed by atoms with E-state index in [0.717, 1.165) is 20.8 Å². The lowest BCUT2D eigenvalue weighted by atomic mass is 9.80. The maximum atomic E-state index is 6.25. The monoisotopic (exact) mass is 396 g/mol. The maximum absolute atomic E-state index is 6.25.